The smallest absolute Gasteiger partial charge is 0.308 e. The van der Waals surface area contributed by atoms with Gasteiger partial charge in [0.1, 0.15) is 11.8 Å². The summed E-state index contributed by atoms with van der Waals surface area (Å²) in [6.45, 7) is 3.25. The Labute approximate surface area is 189 Å². The van der Waals surface area contributed by atoms with Gasteiger partial charge in [0.15, 0.2) is 0 Å². The van der Waals surface area contributed by atoms with Crippen molar-refractivity contribution in [1.82, 2.24) is 10.2 Å². The van der Waals surface area contributed by atoms with Gasteiger partial charge in [0.05, 0.1) is 24.1 Å². The number of esters is 1. The van der Waals surface area contributed by atoms with Crippen molar-refractivity contribution in [1.29, 1.82) is 0 Å². The average molecular weight is 489 g/mol. The largest absolute Gasteiger partial charge is 0.493 e. The molecule has 1 fully saturated rings. The van der Waals surface area contributed by atoms with E-state index < -0.39 is 12.0 Å². The van der Waals surface area contributed by atoms with Crippen molar-refractivity contribution in [3.05, 3.63) is 64.1 Å². The summed E-state index contributed by atoms with van der Waals surface area (Å²) in [5.74, 6) is -0.553. The number of ether oxygens (including phenoxy) is 2. The van der Waals surface area contributed by atoms with Crippen molar-refractivity contribution in [2.24, 2.45) is 0 Å². The summed E-state index contributed by atoms with van der Waals surface area (Å²) >= 11 is 3.41. The number of hydrogen-bond acceptors (Lipinski definition) is 5. The van der Waals surface area contributed by atoms with Gasteiger partial charge in [0.25, 0.3) is 5.91 Å². The van der Waals surface area contributed by atoms with E-state index >= 15 is 0 Å². The Hall–Kier alpha value is -2.87. The minimum absolute atomic E-state index is 0.190. The molecule has 0 spiro atoms. The SMILES string of the molecule is CCOc1ccc(C(=O)N2CCNC(=O)C2CC(=O)OCCc2ccccc2)cc1Br. The lowest BCUT2D eigenvalue weighted by Gasteiger charge is -2.34. The molecule has 0 radical (unpaired) electrons. The fraction of sp³-hybridized carbons (Fsp3) is 0.348. The molecule has 31 heavy (non-hydrogen) atoms. The van der Waals surface area contributed by atoms with Crippen LogP contribution in [0.5, 0.6) is 5.75 Å². The van der Waals surface area contributed by atoms with Crippen molar-refractivity contribution in [2.75, 3.05) is 26.3 Å². The van der Waals surface area contributed by atoms with Gasteiger partial charge in [0.2, 0.25) is 5.91 Å². The van der Waals surface area contributed by atoms with Crippen molar-refractivity contribution < 1.29 is 23.9 Å². The average Bonchev–Trinajstić information content (AvgIpc) is 2.77. The molecule has 1 aliphatic rings. The van der Waals surface area contributed by atoms with Crippen LogP contribution in [0.15, 0.2) is 53.0 Å². The van der Waals surface area contributed by atoms with Crippen LogP contribution in [-0.2, 0) is 20.7 Å². The van der Waals surface area contributed by atoms with Gasteiger partial charge in [-0.2, -0.15) is 0 Å². The second-order valence-corrected chi connectivity index (χ2v) is 7.90. The molecule has 8 heteroatoms. The standard InChI is InChI=1S/C23H25BrN2O5/c1-2-30-20-9-8-17(14-18(20)24)23(29)26-12-11-25-22(28)19(26)15-21(27)31-13-10-16-6-4-3-5-7-16/h3-9,14,19H,2,10-13,15H2,1H3,(H,25,28). The topological polar surface area (TPSA) is 84.9 Å². The summed E-state index contributed by atoms with van der Waals surface area (Å²) in [5.41, 5.74) is 1.47. The lowest BCUT2D eigenvalue weighted by atomic mass is 10.1. The number of hydrogen-bond donors (Lipinski definition) is 1. The first kappa shape index (κ1) is 22.8. The molecule has 1 aliphatic heterocycles. The normalized spacial score (nSPS) is 15.9. The molecule has 1 N–H and O–H groups in total. The molecule has 3 rings (SSSR count). The Morgan fingerprint density at radius 2 is 1.97 bits per heavy atom. The number of halogens is 1. The number of benzene rings is 2. The lowest BCUT2D eigenvalue weighted by molar-refractivity contribution is -0.147. The van der Waals surface area contributed by atoms with E-state index in [9.17, 15) is 14.4 Å². The Kier molecular flexibility index (Phi) is 8.06. The van der Waals surface area contributed by atoms with Gasteiger partial charge in [-0.15, -0.1) is 0 Å². The zero-order valence-corrected chi connectivity index (χ0v) is 18.9. The van der Waals surface area contributed by atoms with E-state index in [0.29, 0.717) is 41.9 Å². The summed E-state index contributed by atoms with van der Waals surface area (Å²) in [6, 6.07) is 13.8. The Morgan fingerprint density at radius 3 is 2.68 bits per heavy atom. The minimum atomic E-state index is -0.907. The van der Waals surface area contributed by atoms with Crippen LogP contribution in [0.25, 0.3) is 0 Å². The molecular formula is C23H25BrN2O5. The summed E-state index contributed by atoms with van der Waals surface area (Å²) in [5, 5.41) is 2.72. The van der Waals surface area contributed by atoms with Gasteiger partial charge in [-0.1, -0.05) is 30.3 Å². The van der Waals surface area contributed by atoms with E-state index in [1.807, 2.05) is 37.3 Å². The molecule has 1 atom stereocenters. The second kappa shape index (κ2) is 10.9. The Balaban J connectivity index is 1.63. The van der Waals surface area contributed by atoms with E-state index in [1.54, 1.807) is 18.2 Å². The highest BCUT2D eigenvalue weighted by Crippen LogP contribution is 2.27. The van der Waals surface area contributed by atoms with Crippen LogP contribution in [0.1, 0.15) is 29.3 Å². The van der Waals surface area contributed by atoms with Crippen LogP contribution in [0.3, 0.4) is 0 Å². The van der Waals surface area contributed by atoms with Gasteiger partial charge < -0.3 is 19.7 Å². The maximum absolute atomic E-state index is 13.1. The first-order chi connectivity index (χ1) is 15.0. The highest BCUT2D eigenvalue weighted by Gasteiger charge is 2.35. The molecule has 1 saturated heterocycles. The van der Waals surface area contributed by atoms with E-state index in [2.05, 4.69) is 21.2 Å². The van der Waals surface area contributed by atoms with E-state index in [1.165, 1.54) is 4.90 Å². The number of carbonyl (C=O) groups is 3. The number of carbonyl (C=O) groups excluding carboxylic acids is 3. The monoisotopic (exact) mass is 488 g/mol. The van der Waals surface area contributed by atoms with Gasteiger partial charge in [-0.3, -0.25) is 14.4 Å². The molecule has 0 aromatic heterocycles. The molecule has 2 amide bonds. The molecule has 2 aromatic rings. The van der Waals surface area contributed by atoms with Crippen molar-refractivity contribution in [2.45, 2.75) is 25.8 Å². The van der Waals surface area contributed by atoms with Crippen LogP contribution in [0.2, 0.25) is 0 Å². The molecule has 2 aromatic carbocycles. The van der Waals surface area contributed by atoms with Crippen LogP contribution in [0, 0.1) is 0 Å². The predicted octanol–water partition coefficient (Wildman–Crippen LogP) is 2.96. The quantitative estimate of drug-likeness (QED) is 0.577. The third-order valence-electron chi connectivity index (χ3n) is 4.93. The molecule has 1 unspecified atom stereocenters. The first-order valence-corrected chi connectivity index (χ1v) is 11.0. The van der Waals surface area contributed by atoms with E-state index in [-0.39, 0.29) is 24.8 Å². The molecule has 1 heterocycles. The third kappa shape index (κ3) is 6.07. The number of nitrogens with zero attached hydrogens (tertiary/aromatic N) is 1. The Morgan fingerprint density at radius 1 is 1.19 bits per heavy atom. The van der Waals surface area contributed by atoms with Gasteiger partial charge in [0, 0.05) is 25.1 Å². The maximum Gasteiger partial charge on any atom is 0.308 e. The number of nitrogens with one attached hydrogen (secondary N) is 1. The molecule has 0 saturated carbocycles. The fourth-order valence-corrected chi connectivity index (χ4v) is 3.87. The minimum Gasteiger partial charge on any atom is -0.493 e. The van der Waals surface area contributed by atoms with Crippen LogP contribution in [-0.4, -0.2) is 55.0 Å². The fourth-order valence-electron chi connectivity index (χ4n) is 3.38. The molecule has 0 aliphatic carbocycles. The number of rotatable bonds is 8. The van der Waals surface area contributed by atoms with Crippen molar-refractivity contribution in [3.8, 4) is 5.75 Å². The van der Waals surface area contributed by atoms with Gasteiger partial charge in [-0.25, -0.2) is 0 Å². The highest BCUT2D eigenvalue weighted by atomic mass is 79.9. The van der Waals surface area contributed by atoms with Gasteiger partial charge >= 0.3 is 5.97 Å². The second-order valence-electron chi connectivity index (χ2n) is 7.04. The highest BCUT2D eigenvalue weighted by molar-refractivity contribution is 9.10. The summed E-state index contributed by atoms with van der Waals surface area (Å²) in [7, 11) is 0. The van der Waals surface area contributed by atoms with Crippen molar-refractivity contribution >= 4 is 33.7 Å². The summed E-state index contributed by atoms with van der Waals surface area (Å²) < 4.78 is 11.4. The van der Waals surface area contributed by atoms with Crippen LogP contribution >= 0.6 is 15.9 Å². The van der Waals surface area contributed by atoms with Crippen LogP contribution in [0.4, 0.5) is 0 Å². The number of piperazine rings is 1. The predicted molar refractivity (Wildman–Crippen MR) is 119 cm³/mol. The third-order valence-corrected chi connectivity index (χ3v) is 5.55. The van der Waals surface area contributed by atoms with Crippen LogP contribution < -0.4 is 10.1 Å². The van der Waals surface area contributed by atoms with Crippen molar-refractivity contribution in [3.63, 3.8) is 0 Å². The van der Waals surface area contributed by atoms with E-state index in [0.717, 1.165) is 5.56 Å². The summed E-state index contributed by atoms with van der Waals surface area (Å²) in [6.07, 6.45) is 0.400. The van der Waals surface area contributed by atoms with Gasteiger partial charge in [-0.05, 0) is 46.6 Å². The summed E-state index contributed by atoms with van der Waals surface area (Å²) in [4.78, 5) is 39.3. The molecule has 164 valence electrons. The van der Waals surface area contributed by atoms with E-state index in [4.69, 9.17) is 9.47 Å². The molecule has 7 nitrogen and oxygen atoms in total. The lowest BCUT2D eigenvalue weighted by Crippen LogP contribution is -2.57. The first-order valence-electron chi connectivity index (χ1n) is 10.2. The zero-order valence-electron chi connectivity index (χ0n) is 17.3. The Bertz CT molecular complexity index is 935. The number of amides is 2. The zero-order chi connectivity index (χ0) is 22.2. The molecule has 0 bridgehead atoms. The molecular weight excluding hydrogens is 464 g/mol. The maximum atomic E-state index is 13.1.